The molecule has 5 heteroatoms. The summed E-state index contributed by atoms with van der Waals surface area (Å²) in [6.07, 6.45) is 1.88. The Morgan fingerprint density at radius 3 is 2.58 bits per heavy atom. The topological polar surface area (TPSA) is 87.7 Å². The zero-order valence-corrected chi connectivity index (χ0v) is 11.3. The number of amides is 1. The van der Waals surface area contributed by atoms with Gasteiger partial charge >= 0.3 is 0 Å². The van der Waals surface area contributed by atoms with Crippen molar-refractivity contribution in [3.63, 3.8) is 0 Å². The quantitative estimate of drug-likeness (QED) is 0.316. The van der Waals surface area contributed by atoms with E-state index in [2.05, 4.69) is 17.4 Å². The highest BCUT2D eigenvalue weighted by Gasteiger charge is 2.25. The number of amidine groups is 1. The van der Waals surface area contributed by atoms with Gasteiger partial charge in [-0.05, 0) is 18.9 Å². The summed E-state index contributed by atoms with van der Waals surface area (Å²) in [5.41, 5.74) is 6.35. The molecule has 0 heterocycles. The molecule has 0 saturated carbocycles. The Kier molecular flexibility index (Phi) is 5.85. The molecule has 2 unspecified atom stereocenters. The molecule has 0 spiro atoms. The largest absolute Gasteiger partial charge is 0.409 e. The minimum absolute atomic E-state index is 0.0650. The maximum atomic E-state index is 12.2. The maximum Gasteiger partial charge on any atom is 0.235 e. The molecule has 0 saturated heterocycles. The Bertz CT molecular complexity index is 432. The van der Waals surface area contributed by atoms with Gasteiger partial charge in [-0.15, -0.1) is 0 Å². The highest BCUT2D eigenvalue weighted by Crippen LogP contribution is 2.16. The van der Waals surface area contributed by atoms with Crippen LogP contribution in [0.4, 0.5) is 0 Å². The van der Waals surface area contributed by atoms with Crippen LogP contribution in [0, 0.1) is 0 Å². The Morgan fingerprint density at radius 2 is 2.05 bits per heavy atom. The van der Waals surface area contributed by atoms with Crippen LogP contribution >= 0.6 is 0 Å². The molecule has 1 aromatic carbocycles. The molecule has 1 rings (SSSR count). The van der Waals surface area contributed by atoms with Crippen molar-refractivity contribution in [2.75, 3.05) is 0 Å². The first-order chi connectivity index (χ1) is 9.10. The molecule has 0 aliphatic heterocycles. The summed E-state index contributed by atoms with van der Waals surface area (Å²) in [5.74, 6) is -1.11. The van der Waals surface area contributed by atoms with Crippen LogP contribution in [-0.2, 0) is 4.79 Å². The van der Waals surface area contributed by atoms with Gasteiger partial charge in [-0.3, -0.25) is 4.79 Å². The lowest BCUT2D eigenvalue weighted by Gasteiger charge is -2.19. The molecule has 19 heavy (non-hydrogen) atoms. The standard InChI is InChI=1S/C14H21N3O2/c1-3-7-10(2)16-14(18)12(13(15)17-19)11-8-5-4-6-9-11/h4-6,8-10,12,19H,3,7H2,1-2H3,(H2,15,17)(H,16,18). The zero-order chi connectivity index (χ0) is 14.3. The van der Waals surface area contributed by atoms with Crippen molar-refractivity contribution in [2.24, 2.45) is 10.9 Å². The molecule has 0 bridgehead atoms. The number of oxime groups is 1. The smallest absolute Gasteiger partial charge is 0.235 e. The first-order valence-corrected chi connectivity index (χ1v) is 6.42. The molecule has 0 aromatic heterocycles. The molecule has 5 nitrogen and oxygen atoms in total. The van der Waals surface area contributed by atoms with Crippen molar-refractivity contribution < 1.29 is 10.0 Å². The summed E-state index contributed by atoms with van der Waals surface area (Å²) in [6, 6.07) is 9.12. The van der Waals surface area contributed by atoms with Gasteiger partial charge in [0.25, 0.3) is 0 Å². The average molecular weight is 263 g/mol. The minimum Gasteiger partial charge on any atom is -0.409 e. The predicted octanol–water partition coefficient (Wildman–Crippen LogP) is 1.82. The molecule has 1 amide bonds. The molecule has 2 atom stereocenters. The fourth-order valence-electron chi connectivity index (χ4n) is 1.99. The number of nitrogens with zero attached hydrogens (tertiary/aromatic N) is 1. The second-order valence-corrected chi connectivity index (χ2v) is 4.57. The van der Waals surface area contributed by atoms with Crippen molar-refractivity contribution in [3.05, 3.63) is 35.9 Å². The number of carbonyl (C=O) groups excluding carboxylic acids is 1. The van der Waals surface area contributed by atoms with Crippen LogP contribution in [0.1, 0.15) is 38.2 Å². The van der Waals surface area contributed by atoms with Crippen molar-refractivity contribution in [3.8, 4) is 0 Å². The van der Waals surface area contributed by atoms with Gasteiger partial charge in [-0.2, -0.15) is 0 Å². The Balaban J connectivity index is 2.90. The van der Waals surface area contributed by atoms with Gasteiger partial charge in [0, 0.05) is 6.04 Å². The summed E-state index contributed by atoms with van der Waals surface area (Å²) in [6.45, 7) is 4.00. The van der Waals surface area contributed by atoms with Crippen LogP contribution in [0.3, 0.4) is 0 Å². The molecule has 0 radical (unpaired) electrons. The van der Waals surface area contributed by atoms with Gasteiger partial charge in [0.2, 0.25) is 5.91 Å². The first kappa shape index (κ1) is 15.0. The number of carbonyl (C=O) groups is 1. The lowest BCUT2D eigenvalue weighted by Crippen LogP contribution is -2.41. The first-order valence-electron chi connectivity index (χ1n) is 6.42. The summed E-state index contributed by atoms with van der Waals surface area (Å²) in [4.78, 5) is 12.2. The van der Waals surface area contributed by atoms with Gasteiger partial charge < -0.3 is 16.3 Å². The lowest BCUT2D eigenvalue weighted by atomic mass is 9.96. The van der Waals surface area contributed by atoms with Gasteiger partial charge in [0.1, 0.15) is 5.92 Å². The third-order valence-electron chi connectivity index (χ3n) is 2.92. The van der Waals surface area contributed by atoms with E-state index in [1.807, 2.05) is 25.1 Å². The number of hydrogen-bond donors (Lipinski definition) is 3. The van der Waals surface area contributed by atoms with E-state index in [4.69, 9.17) is 10.9 Å². The molecule has 104 valence electrons. The highest BCUT2D eigenvalue weighted by atomic mass is 16.4. The van der Waals surface area contributed by atoms with Crippen LogP contribution in [0.15, 0.2) is 35.5 Å². The Labute approximate surface area is 113 Å². The fourth-order valence-corrected chi connectivity index (χ4v) is 1.99. The fraction of sp³-hybridized carbons (Fsp3) is 0.429. The highest BCUT2D eigenvalue weighted by molar-refractivity contribution is 6.07. The molecule has 0 aliphatic rings. The summed E-state index contributed by atoms with van der Waals surface area (Å²) >= 11 is 0. The van der Waals surface area contributed by atoms with E-state index >= 15 is 0 Å². The second-order valence-electron chi connectivity index (χ2n) is 4.57. The van der Waals surface area contributed by atoms with Crippen molar-refractivity contribution in [2.45, 2.75) is 38.6 Å². The Hall–Kier alpha value is -2.04. The molecule has 0 aliphatic carbocycles. The van der Waals surface area contributed by atoms with Gasteiger partial charge in [0.15, 0.2) is 5.84 Å². The van der Waals surface area contributed by atoms with E-state index in [1.165, 1.54) is 0 Å². The van der Waals surface area contributed by atoms with E-state index in [0.717, 1.165) is 12.8 Å². The van der Waals surface area contributed by atoms with Crippen molar-refractivity contribution >= 4 is 11.7 Å². The van der Waals surface area contributed by atoms with Gasteiger partial charge in [-0.25, -0.2) is 0 Å². The molecule has 0 fully saturated rings. The van der Waals surface area contributed by atoms with E-state index < -0.39 is 5.92 Å². The molecular weight excluding hydrogens is 242 g/mol. The summed E-state index contributed by atoms with van der Waals surface area (Å²) in [7, 11) is 0. The van der Waals surface area contributed by atoms with Crippen molar-refractivity contribution in [1.82, 2.24) is 5.32 Å². The van der Waals surface area contributed by atoms with E-state index in [9.17, 15) is 4.79 Å². The Morgan fingerprint density at radius 1 is 1.42 bits per heavy atom. The number of rotatable bonds is 6. The SMILES string of the molecule is CCCC(C)NC(=O)C(C(N)=NO)c1ccccc1. The van der Waals surface area contributed by atoms with Crippen LogP contribution in [0.5, 0.6) is 0 Å². The number of benzene rings is 1. The normalized spacial score (nSPS) is 14.7. The third-order valence-corrected chi connectivity index (χ3v) is 2.92. The number of hydrogen-bond acceptors (Lipinski definition) is 3. The summed E-state index contributed by atoms with van der Waals surface area (Å²) < 4.78 is 0. The minimum atomic E-state index is -0.759. The van der Waals surface area contributed by atoms with Gasteiger partial charge in [0.05, 0.1) is 0 Å². The van der Waals surface area contributed by atoms with E-state index in [0.29, 0.717) is 5.56 Å². The van der Waals surface area contributed by atoms with Crippen LogP contribution in [-0.4, -0.2) is 23.0 Å². The third kappa shape index (κ3) is 4.28. The zero-order valence-electron chi connectivity index (χ0n) is 11.3. The van der Waals surface area contributed by atoms with Crippen molar-refractivity contribution in [1.29, 1.82) is 0 Å². The maximum absolute atomic E-state index is 12.2. The van der Waals surface area contributed by atoms with E-state index in [-0.39, 0.29) is 17.8 Å². The van der Waals surface area contributed by atoms with E-state index in [1.54, 1.807) is 12.1 Å². The average Bonchev–Trinajstić information content (AvgIpc) is 2.40. The van der Waals surface area contributed by atoms with Crippen LogP contribution in [0.2, 0.25) is 0 Å². The monoisotopic (exact) mass is 263 g/mol. The lowest BCUT2D eigenvalue weighted by molar-refractivity contribution is -0.121. The molecule has 4 N–H and O–H groups in total. The molecule has 1 aromatic rings. The summed E-state index contributed by atoms with van der Waals surface area (Å²) in [5, 5.41) is 14.7. The van der Waals surface area contributed by atoms with Gasteiger partial charge in [-0.1, -0.05) is 48.8 Å². The number of nitrogens with two attached hydrogens (primary N) is 1. The second kappa shape index (κ2) is 7.41. The number of nitrogens with one attached hydrogen (secondary N) is 1. The van der Waals surface area contributed by atoms with Crippen LogP contribution < -0.4 is 11.1 Å². The van der Waals surface area contributed by atoms with Crippen LogP contribution in [0.25, 0.3) is 0 Å². The molecular formula is C14H21N3O2. The predicted molar refractivity (Wildman–Crippen MR) is 75.1 cm³/mol.